The van der Waals surface area contributed by atoms with Gasteiger partial charge in [0.2, 0.25) is 0 Å². The van der Waals surface area contributed by atoms with Crippen LogP contribution in [0.15, 0.2) is 23.1 Å². The highest BCUT2D eigenvalue weighted by atomic mass is 32.2. The van der Waals surface area contributed by atoms with Crippen LogP contribution in [0.2, 0.25) is 0 Å². The highest BCUT2D eigenvalue weighted by molar-refractivity contribution is 8.00. The van der Waals surface area contributed by atoms with Crippen LogP contribution in [0.3, 0.4) is 0 Å². The van der Waals surface area contributed by atoms with Crippen molar-refractivity contribution in [2.24, 2.45) is 0 Å². The van der Waals surface area contributed by atoms with Crippen molar-refractivity contribution in [3.63, 3.8) is 0 Å². The number of carbonyl (C=O) groups excluding carboxylic acids is 1. The molecule has 0 saturated carbocycles. The summed E-state index contributed by atoms with van der Waals surface area (Å²) in [6.07, 6.45) is 1.28. The predicted molar refractivity (Wildman–Crippen MR) is 69.4 cm³/mol. The third-order valence-corrected chi connectivity index (χ3v) is 4.16. The minimum absolute atomic E-state index is 0.183. The summed E-state index contributed by atoms with van der Waals surface area (Å²) >= 11 is 1.61. The lowest BCUT2D eigenvalue weighted by molar-refractivity contribution is -0.140. The van der Waals surface area contributed by atoms with Crippen molar-refractivity contribution in [2.75, 3.05) is 7.11 Å². The average molecular weight is 254 g/mol. The van der Waals surface area contributed by atoms with Gasteiger partial charge >= 0.3 is 5.97 Å². The van der Waals surface area contributed by atoms with E-state index in [1.807, 2.05) is 26.0 Å². The van der Waals surface area contributed by atoms with Gasteiger partial charge in [-0.3, -0.25) is 4.79 Å². The quantitative estimate of drug-likeness (QED) is 0.647. The number of esters is 1. The number of hydrogen-bond donors (Lipinski definition) is 1. The van der Waals surface area contributed by atoms with Gasteiger partial charge in [-0.25, -0.2) is 0 Å². The predicted octanol–water partition coefficient (Wildman–Crippen LogP) is 3.13. The largest absolute Gasteiger partial charge is 0.508 e. The molecule has 0 spiro atoms. The normalized spacial score (nSPS) is 12.2. The van der Waals surface area contributed by atoms with Crippen molar-refractivity contribution in [3.8, 4) is 5.75 Å². The van der Waals surface area contributed by atoms with Crippen LogP contribution < -0.4 is 0 Å². The molecule has 1 aromatic carbocycles. The molecule has 0 fully saturated rings. The van der Waals surface area contributed by atoms with Gasteiger partial charge in [0, 0.05) is 15.7 Å². The average Bonchev–Trinajstić information content (AvgIpc) is 2.33. The van der Waals surface area contributed by atoms with Gasteiger partial charge in [-0.05, 0) is 25.5 Å². The van der Waals surface area contributed by atoms with Crippen molar-refractivity contribution in [1.29, 1.82) is 0 Å². The summed E-state index contributed by atoms with van der Waals surface area (Å²) in [5.41, 5.74) is 0.862. The van der Waals surface area contributed by atoms with E-state index >= 15 is 0 Å². The highest BCUT2D eigenvalue weighted by Crippen LogP contribution is 2.33. The first-order valence-corrected chi connectivity index (χ1v) is 6.48. The first-order valence-electron chi connectivity index (χ1n) is 5.60. The van der Waals surface area contributed by atoms with E-state index in [0.29, 0.717) is 12.2 Å². The van der Waals surface area contributed by atoms with E-state index < -0.39 is 0 Å². The summed E-state index contributed by atoms with van der Waals surface area (Å²) in [5.74, 6) is 0.102. The molecule has 0 amide bonds. The van der Waals surface area contributed by atoms with Crippen molar-refractivity contribution < 1.29 is 14.6 Å². The summed E-state index contributed by atoms with van der Waals surface area (Å²) in [6, 6.07) is 5.44. The summed E-state index contributed by atoms with van der Waals surface area (Å²) in [7, 11) is 1.40. The zero-order chi connectivity index (χ0) is 12.8. The lowest BCUT2D eigenvalue weighted by Crippen LogP contribution is -2.11. The molecule has 0 bridgehead atoms. The van der Waals surface area contributed by atoms with Gasteiger partial charge in [-0.1, -0.05) is 13.0 Å². The lowest BCUT2D eigenvalue weighted by Gasteiger charge is -2.15. The molecule has 4 heteroatoms. The van der Waals surface area contributed by atoms with Crippen LogP contribution in [-0.4, -0.2) is 23.4 Å². The number of aromatic hydroxyl groups is 1. The molecule has 0 aliphatic rings. The fraction of sp³-hybridized carbons (Fsp3) is 0.462. The standard InChI is InChI=1S/C13H18O3S/c1-4-10(8-13(15)16-3)17-12-7-5-6-11(14)9(12)2/h5-7,10,14H,4,8H2,1-3H3. The summed E-state index contributed by atoms with van der Waals surface area (Å²) in [5, 5.41) is 9.79. The number of phenols is 1. The van der Waals surface area contributed by atoms with E-state index in [4.69, 9.17) is 0 Å². The molecule has 1 unspecified atom stereocenters. The zero-order valence-corrected chi connectivity index (χ0v) is 11.2. The van der Waals surface area contributed by atoms with Gasteiger partial charge < -0.3 is 9.84 Å². The molecule has 0 heterocycles. The van der Waals surface area contributed by atoms with E-state index in [2.05, 4.69) is 4.74 Å². The molecule has 3 nitrogen and oxygen atoms in total. The van der Waals surface area contributed by atoms with Crippen molar-refractivity contribution in [3.05, 3.63) is 23.8 Å². The summed E-state index contributed by atoms with van der Waals surface area (Å²) in [6.45, 7) is 3.92. The molecule has 0 aromatic heterocycles. The third kappa shape index (κ3) is 3.97. The van der Waals surface area contributed by atoms with Crippen LogP contribution in [-0.2, 0) is 9.53 Å². The molecule has 1 rings (SSSR count). The Bertz CT molecular complexity index is 390. The second kappa shape index (κ2) is 6.55. The number of benzene rings is 1. The highest BCUT2D eigenvalue weighted by Gasteiger charge is 2.15. The minimum Gasteiger partial charge on any atom is -0.508 e. The van der Waals surface area contributed by atoms with Gasteiger partial charge in [0.15, 0.2) is 0 Å². The SMILES string of the molecule is CCC(CC(=O)OC)Sc1cccc(O)c1C. The Morgan fingerprint density at radius 3 is 2.82 bits per heavy atom. The Morgan fingerprint density at radius 1 is 1.53 bits per heavy atom. The van der Waals surface area contributed by atoms with Crippen LogP contribution in [0.25, 0.3) is 0 Å². The van der Waals surface area contributed by atoms with Crippen LogP contribution >= 0.6 is 11.8 Å². The maximum atomic E-state index is 11.2. The number of carbonyl (C=O) groups is 1. The maximum Gasteiger partial charge on any atom is 0.306 e. The van der Waals surface area contributed by atoms with E-state index in [-0.39, 0.29) is 11.2 Å². The van der Waals surface area contributed by atoms with Crippen LogP contribution in [0.4, 0.5) is 0 Å². The molecule has 0 aliphatic carbocycles. The summed E-state index contributed by atoms with van der Waals surface area (Å²) < 4.78 is 4.67. The zero-order valence-electron chi connectivity index (χ0n) is 10.4. The van der Waals surface area contributed by atoms with E-state index in [9.17, 15) is 9.90 Å². The van der Waals surface area contributed by atoms with Crippen LogP contribution in [0.1, 0.15) is 25.3 Å². The van der Waals surface area contributed by atoms with Crippen LogP contribution in [0.5, 0.6) is 5.75 Å². The molecule has 1 atom stereocenters. The minimum atomic E-state index is -0.192. The maximum absolute atomic E-state index is 11.2. The third-order valence-electron chi connectivity index (χ3n) is 2.63. The fourth-order valence-electron chi connectivity index (χ4n) is 1.45. The van der Waals surface area contributed by atoms with Gasteiger partial charge in [0.05, 0.1) is 13.5 Å². The Labute approximate surface area is 106 Å². The van der Waals surface area contributed by atoms with Gasteiger partial charge in [-0.2, -0.15) is 0 Å². The topological polar surface area (TPSA) is 46.5 Å². The van der Waals surface area contributed by atoms with E-state index in [1.165, 1.54) is 7.11 Å². The number of rotatable bonds is 5. The van der Waals surface area contributed by atoms with E-state index in [0.717, 1.165) is 16.9 Å². The molecule has 1 N–H and O–H groups in total. The monoisotopic (exact) mass is 254 g/mol. The molecule has 0 saturated heterocycles. The molecule has 0 aliphatic heterocycles. The Balaban J connectivity index is 2.73. The van der Waals surface area contributed by atoms with Gasteiger partial charge in [-0.15, -0.1) is 11.8 Å². The molecule has 17 heavy (non-hydrogen) atoms. The fourth-order valence-corrected chi connectivity index (χ4v) is 2.63. The van der Waals surface area contributed by atoms with Crippen LogP contribution in [0, 0.1) is 6.92 Å². The molecular formula is C13H18O3S. The first-order chi connectivity index (χ1) is 8.08. The Kier molecular flexibility index (Phi) is 5.35. The molecule has 1 aromatic rings. The summed E-state index contributed by atoms with van der Waals surface area (Å²) in [4.78, 5) is 12.3. The number of phenolic OH excluding ortho intramolecular Hbond substituents is 1. The van der Waals surface area contributed by atoms with E-state index in [1.54, 1.807) is 17.8 Å². The number of hydrogen-bond acceptors (Lipinski definition) is 4. The molecule has 0 radical (unpaired) electrons. The number of thioether (sulfide) groups is 1. The molecular weight excluding hydrogens is 236 g/mol. The van der Waals surface area contributed by atoms with Crippen molar-refractivity contribution in [2.45, 2.75) is 36.8 Å². The Morgan fingerprint density at radius 2 is 2.24 bits per heavy atom. The second-order valence-corrected chi connectivity index (χ2v) is 5.17. The van der Waals surface area contributed by atoms with Gasteiger partial charge in [0.25, 0.3) is 0 Å². The smallest absolute Gasteiger partial charge is 0.306 e. The lowest BCUT2D eigenvalue weighted by atomic mass is 10.2. The number of methoxy groups -OCH3 is 1. The van der Waals surface area contributed by atoms with Gasteiger partial charge in [0.1, 0.15) is 5.75 Å². The van der Waals surface area contributed by atoms with Crippen molar-refractivity contribution in [1.82, 2.24) is 0 Å². The second-order valence-electron chi connectivity index (χ2n) is 3.83. The van der Waals surface area contributed by atoms with Crippen molar-refractivity contribution >= 4 is 17.7 Å². The molecule has 94 valence electrons. The first kappa shape index (κ1) is 13.9. The number of ether oxygens (including phenoxy) is 1. The Hall–Kier alpha value is -1.16.